The topological polar surface area (TPSA) is 81.4 Å². The highest BCUT2D eigenvalue weighted by Crippen LogP contribution is 2.28. The van der Waals surface area contributed by atoms with Gasteiger partial charge in [0.05, 0.1) is 0 Å². The maximum Gasteiger partial charge on any atom is 0.336 e. The normalized spacial score (nSPS) is 10.6. The van der Waals surface area contributed by atoms with Gasteiger partial charge >= 0.3 is 5.63 Å². The molecule has 3 rings (SSSR count). The number of benzene rings is 1. The molecule has 0 saturated carbocycles. The molecule has 0 atom stereocenters. The van der Waals surface area contributed by atoms with Crippen molar-refractivity contribution in [3.8, 4) is 5.75 Å². The molecule has 2 aromatic heterocycles. The van der Waals surface area contributed by atoms with E-state index in [9.17, 15) is 9.59 Å². The molecule has 0 aliphatic heterocycles. The van der Waals surface area contributed by atoms with Gasteiger partial charge in [0.15, 0.2) is 6.61 Å². The van der Waals surface area contributed by atoms with Crippen LogP contribution in [0.3, 0.4) is 0 Å². The number of nitrogens with one attached hydrogen (secondary N) is 1. The number of carbonyl (C=O) groups excluding carboxylic acids is 1. The summed E-state index contributed by atoms with van der Waals surface area (Å²) in [4.78, 5) is 27.5. The first-order valence-electron chi connectivity index (χ1n) is 7.87. The number of amides is 1. The van der Waals surface area contributed by atoms with Gasteiger partial charge in [0, 0.05) is 36.0 Å². The van der Waals surface area contributed by atoms with E-state index < -0.39 is 5.63 Å². The maximum absolute atomic E-state index is 11.9. The molecule has 128 valence electrons. The summed E-state index contributed by atoms with van der Waals surface area (Å²) in [6, 6.07) is 8.74. The summed E-state index contributed by atoms with van der Waals surface area (Å²) in [7, 11) is 0. The lowest BCUT2D eigenvalue weighted by Gasteiger charge is -2.11. The van der Waals surface area contributed by atoms with Crippen molar-refractivity contribution in [1.29, 1.82) is 0 Å². The predicted octanol–water partition coefficient (Wildman–Crippen LogP) is 2.50. The third kappa shape index (κ3) is 3.85. The molecule has 6 heteroatoms. The molecule has 6 nitrogen and oxygen atoms in total. The van der Waals surface area contributed by atoms with E-state index in [0.29, 0.717) is 23.4 Å². The van der Waals surface area contributed by atoms with Gasteiger partial charge in [-0.15, -0.1) is 0 Å². The molecule has 0 fully saturated rings. The number of aryl methyl sites for hydroxylation is 2. The molecule has 1 aromatic carbocycles. The highest BCUT2D eigenvalue weighted by molar-refractivity contribution is 5.85. The molecule has 0 radical (unpaired) electrons. The molecule has 0 bridgehead atoms. The van der Waals surface area contributed by atoms with Gasteiger partial charge in [0.1, 0.15) is 11.3 Å². The Kier molecular flexibility index (Phi) is 4.79. The smallest absolute Gasteiger partial charge is 0.336 e. The zero-order chi connectivity index (χ0) is 17.8. The average Bonchev–Trinajstić information content (AvgIpc) is 2.61. The van der Waals surface area contributed by atoms with Gasteiger partial charge in [0.2, 0.25) is 0 Å². The van der Waals surface area contributed by atoms with Crippen molar-refractivity contribution in [1.82, 2.24) is 10.3 Å². The highest BCUT2D eigenvalue weighted by atomic mass is 16.5. The van der Waals surface area contributed by atoms with Crippen LogP contribution in [0.5, 0.6) is 5.75 Å². The fourth-order valence-corrected chi connectivity index (χ4v) is 2.55. The molecular formula is C19H18N2O4. The quantitative estimate of drug-likeness (QED) is 0.723. The summed E-state index contributed by atoms with van der Waals surface area (Å²) in [6.07, 6.45) is 3.37. The van der Waals surface area contributed by atoms with Crippen LogP contribution < -0.4 is 15.7 Å². The Hall–Kier alpha value is -3.15. The summed E-state index contributed by atoms with van der Waals surface area (Å²) >= 11 is 0. The minimum Gasteiger partial charge on any atom is -0.483 e. The maximum atomic E-state index is 11.9. The van der Waals surface area contributed by atoms with E-state index in [-0.39, 0.29) is 12.5 Å². The van der Waals surface area contributed by atoms with Gasteiger partial charge in [-0.25, -0.2) is 4.79 Å². The molecule has 0 unspecified atom stereocenters. The van der Waals surface area contributed by atoms with Crippen LogP contribution in [0.15, 0.2) is 51.9 Å². The van der Waals surface area contributed by atoms with Gasteiger partial charge in [-0.2, -0.15) is 0 Å². The van der Waals surface area contributed by atoms with Crippen LogP contribution in [0.2, 0.25) is 0 Å². The van der Waals surface area contributed by atoms with Crippen LogP contribution in [0, 0.1) is 13.8 Å². The first kappa shape index (κ1) is 16.7. The number of fused-ring (bicyclic) bond motifs is 1. The molecule has 25 heavy (non-hydrogen) atoms. The van der Waals surface area contributed by atoms with E-state index in [1.54, 1.807) is 25.4 Å². The minimum absolute atomic E-state index is 0.122. The second-order valence-corrected chi connectivity index (χ2v) is 5.74. The third-order valence-corrected chi connectivity index (χ3v) is 3.89. The zero-order valence-electron chi connectivity index (χ0n) is 14.0. The van der Waals surface area contributed by atoms with E-state index >= 15 is 0 Å². The fraction of sp³-hybridized carbons (Fsp3) is 0.211. The Balaban J connectivity index is 1.68. The SMILES string of the molecule is Cc1cc(=O)oc2c(C)c(OCC(=O)NCc3cccnc3)ccc12. The summed E-state index contributed by atoms with van der Waals surface area (Å²) in [5, 5.41) is 3.62. The molecule has 0 spiro atoms. The summed E-state index contributed by atoms with van der Waals surface area (Å²) in [6.45, 7) is 3.92. The van der Waals surface area contributed by atoms with Gasteiger partial charge in [-0.3, -0.25) is 9.78 Å². The average molecular weight is 338 g/mol. The van der Waals surface area contributed by atoms with Crippen LogP contribution in [0.4, 0.5) is 0 Å². The summed E-state index contributed by atoms with van der Waals surface area (Å²) < 4.78 is 10.9. The molecule has 1 N–H and O–H groups in total. The summed E-state index contributed by atoms with van der Waals surface area (Å²) in [5.41, 5.74) is 2.53. The fourth-order valence-electron chi connectivity index (χ4n) is 2.55. The Morgan fingerprint density at radius 2 is 2.12 bits per heavy atom. The second kappa shape index (κ2) is 7.17. The van der Waals surface area contributed by atoms with Crippen LogP contribution in [0.25, 0.3) is 11.0 Å². The Morgan fingerprint density at radius 3 is 2.88 bits per heavy atom. The molecule has 3 aromatic rings. The third-order valence-electron chi connectivity index (χ3n) is 3.89. The van der Waals surface area contributed by atoms with Crippen molar-refractivity contribution in [2.24, 2.45) is 0 Å². The van der Waals surface area contributed by atoms with Crippen LogP contribution in [-0.4, -0.2) is 17.5 Å². The predicted molar refractivity (Wildman–Crippen MR) is 93.5 cm³/mol. The number of rotatable bonds is 5. The van der Waals surface area contributed by atoms with Crippen molar-refractivity contribution < 1.29 is 13.9 Å². The Labute approximate surface area is 144 Å². The van der Waals surface area contributed by atoms with Gasteiger partial charge in [0.25, 0.3) is 5.91 Å². The minimum atomic E-state index is -0.403. The second-order valence-electron chi connectivity index (χ2n) is 5.74. The van der Waals surface area contributed by atoms with Gasteiger partial charge in [-0.1, -0.05) is 6.07 Å². The lowest BCUT2D eigenvalue weighted by molar-refractivity contribution is -0.123. The number of carbonyl (C=O) groups is 1. The van der Waals surface area contributed by atoms with E-state index in [1.165, 1.54) is 6.07 Å². The molecule has 0 saturated heterocycles. The van der Waals surface area contributed by atoms with Crippen molar-refractivity contribution in [3.63, 3.8) is 0 Å². The van der Waals surface area contributed by atoms with Crippen molar-refractivity contribution in [2.75, 3.05) is 6.61 Å². The Morgan fingerprint density at radius 1 is 1.28 bits per heavy atom. The summed E-state index contributed by atoms with van der Waals surface area (Å²) in [5.74, 6) is 0.270. The first-order chi connectivity index (χ1) is 12.0. The van der Waals surface area contributed by atoms with Crippen LogP contribution in [-0.2, 0) is 11.3 Å². The largest absolute Gasteiger partial charge is 0.483 e. The van der Waals surface area contributed by atoms with Crippen LogP contribution >= 0.6 is 0 Å². The number of nitrogens with zero attached hydrogens (tertiary/aromatic N) is 1. The molecular weight excluding hydrogens is 320 g/mol. The highest BCUT2D eigenvalue weighted by Gasteiger charge is 2.11. The number of aromatic nitrogens is 1. The lowest BCUT2D eigenvalue weighted by atomic mass is 10.1. The molecule has 0 aliphatic rings. The van der Waals surface area contributed by atoms with E-state index in [0.717, 1.165) is 16.5 Å². The van der Waals surface area contributed by atoms with E-state index in [1.807, 2.05) is 25.1 Å². The standard InChI is InChI=1S/C19H18N2O4/c1-12-8-18(23)25-19-13(2)16(6-5-15(12)19)24-11-17(22)21-10-14-4-3-7-20-9-14/h3-9H,10-11H2,1-2H3,(H,21,22). The van der Waals surface area contributed by atoms with Gasteiger partial charge in [-0.05, 0) is 43.2 Å². The van der Waals surface area contributed by atoms with E-state index in [2.05, 4.69) is 10.3 Å². The van der Waals surface area contributed by atoms with Gasteiger partial charge < -0.3 is 14.5 Å². The molecule has 0 aliphatic carbocycles. The zero-order valence-corrected chi connectivity index (χ0v) is 14.0. The number of ether oxygens (including phenoxy) is 1. The van der Waals surface area contributed by atoms with Crippen molar-refractivity contribution in [2.45, 2.75) is 20.4 Å². The van der Waals surface area contributed by atoms with Crippen LogP contribution in [0.1, 0.15) is 16.7 Å². The Bertz CT molecular complexity index is 964. The first-order valence-corrected chi connectivity index (χ1v) is 7.87. The number of hydrogen-bond acceptors (Lipinski definition) is 5. The monoisotopic (exact) mass is 338 g/mol. The molecule has 2 heterocycles. The van der Waals surface area contributed by atoms with Crippen molar-refractivity contribution >= 4 is 16.9 Å². The van der Waals surface area contributed by atoms with E-state index in [4.69, 9.17) is 9.15 Å². The number of hydrogen-bond donors (Lipinski definition) is 1. The van der Waals surface area contributed by atoms with Crippen molar-refractivity contribution in [3.05, 3.63) is 69.8 Å². The lowest BCUT2D eigenvalue weighted by Crippen LogP contribution is -2.28. The molecule has 1 amide bonds. The number of pyridine rings is 1.